The van der Waals surface area contributed by atoms with Crippen LogP contribution in [-0.2, 0) is 14.8 Å². The van der Waals surface area contributed by atoms with Gasteiger partial charge < -0.3 is 4.90 Å². The minimum absolute atomic E-state index is 0.0615. The Kier molecular flexibility index (Phi) is 5.25. The molecule has 132 valence electrons. The summed E-state index contributed by atoms with van der Waals surface area (Å²) < 4.78 is 26.4. The van der Waals surface area contributed by atoms with Gasteiger partial charge in [0.1, 0.15) is 0 Å². The fraction of sp³-hybridized carbons (Fsp3) is 0.611. The van der Waals surface area contributed by atoms with Gasteiger partial charge in [0.25, 0.3) is 0 Å². The van der Waals surface area contributed by atoms with E-state index in [9.17, 15) is 13.2 Å². The number of rotatable bonds is 4. The van der Waals surface area contributed by atoms with Crippen molar-refractivity contribution >= 4 is 15.9 Å². The molecule has 2 atom stereocenters. The van der Waals surface area contributed by atoms with E-state index in [0.29, 0.717) is 12.0 Å². The van der Waals surface area contributed by atoms with E-state index < -0.39 is 10.0 Å². The Hall–Kier alpha value is -1.40. The molecule has 2 aliphatic rings. The lowest BCUT2D eigenvalue weighted by atomic mass is 9.78. The second-order valence-electron chi connectivity index (χ2n) is 6.92. The van der Waals surface area contributed by atoms with Crippen molar-refractivity contribution < 1.29 is 13.2 Å². The van der Waals surface area contributed by atoms with Crippen LogP contribution in [0, 0.1) is 5.92 Å². The van der Waals surface area contributed by atoms with Crippen LogP contribution in [0.25, 0.3) is 0 Å². The summed E-state index contributed by atoms with van der Waals surface area (Å²) in [5.41, 5.74) is 0. The summed E-state index contributed by atoms with van der Waals surface area (Å²) in [6.45, 7) is 0.680. The van der Waals surface area contributed by atoms with Gasteiger partial charge in [-0.3, -0.25) is 4.79 Å². The lowest BCUT2D eigenvalue weighted by Crippen LogP contribution is -2.52. The topological polar surface area (TPSA) is 57.7 Å². The van der Waals surface area contributed by atoms with E-state index >= 15 is 0 Å². The highest BCUT2D eigenvalue weighted by Gasteiger charge is 2.36. The third-order valence-corrected chi connectivity index (χ3v) is 7.19. The van der Waals surface area contributed by atoms with Gasteiger partial charge in [0.2, 0.25) is 15.9 Å². The van der Waals surface area contributed by atoms with E-state index in [1.165, 1.54) is 37.0 Å². The number of sulfonamides is 1. The Morgan fingerprint density at radius 3 is 2.54 bits per heavy atom. The van der Waals surface area contributed by atoms with E-state index in [-0.39, 0.29) is 17.3 Å². The summed E-state index contributed by atoms with van der Waals surface area (Å²) in [4.78, 5) is 14.9. The molecule has 0 radical (unpaired) electrons. The van der Waals surface area contributed by atoms with Crippen LogP contribution in [0.2, 0.25) is 0 Å². The molecule has 6 heteroatoms. The number of likely N-dealkylation sites (tertiary alicyclic amines) is 1. The molecule has 1 saturated heterocycles. The summed E-state index contributed by atoms with van der Waals surface area (Å²) in [6, 6.07) is 8.61. The van der Waals surface area contributed by atoms with Crippen LogP contribution in [0.1, 0.15) is 38.5 Å². The zero-order valence-electron chi connectivity index (χ0n) is 14.2. The number of piperidine rings is 1. The number of hydrogen-bond acceptors (Lipinski definition) is 3. The maximum atomic E-state index is 12.8. The molecule has 2 fully saturated rings. The van der Waals surface area contributed by atoms with Crippen LogP contribution in [0.15, 0.2) is 35.2 Å². The fourth-order valence-corrected chi connectivity index (χ4v) is 5.21. The minimum Gasteiger partial charge on any atom is -0.338 e. The van der Waals surface area contributed by atoms with Crippen molar-refractivity contribution in [3.8, 4) is 0 Å². The maximum absolute atomic E-state index is 12.8. The number of fused-ring (bicyclic) bond motifs is 1. The van der Waals surface area contributed by atoms with Crippen molar-refractivity contribution in [3.63, 3.8) is 0 Å². The number of nitrogens with zero attached hydrogens (tertiary/aromatic N) is 2. The van der Waals surface area contributed by atoms with Crippen LogP contribution >= 0.6 is 0 Å². The summed E-state index contributed by atoms with van der Waals surface area (Å²) in [5, 5.41) is 0. The number of carbonyl (C=O) groups is 1. The molecular formula is C18H26N2O3S. The molecule has 1 aliphatic carbocycles. The molecule has 1 saturated carbocycles. The molecular weight excluding hydrogens is 324 g/mol. The van der Waals surface area contributed by atoms with E-state index in [0.717, 1.165) is 19.4 Å². The Balaban J connectivity index is 1.69. The maximum Gasteiger partial charge on any atom is 0.243 e. The van der Waals surface area contributed by atoms with E-state index in [1.807, 2.05) is 4.90 Å². The van der Waals surface area contributed by atoms with Crippen molar-refractivity contribution in [2.24, 2.45) is 5.92 Å². The van der Waals surface area contributed by atoms with Crippen LogP contribution < -0.4 is 0 Å². The summed E-state index contributed by atoms with van der Waals surface area (Å²) >= 11 is 0. The van der Waals surface area contributed by atoms with E-state index in [1.54, 1.807) is 30.3 Å². The summed E-state index contributed by atoms with van der Waals surface area (Å²) in [6.07, 6.45) is 6.92. The van der Waals surface area contributed by atoms with Crippen molar-refractivity contribution in [2.45, 2.75) is 49.5 Å². The first-order chi connectivity index (χ1) is 11.5. The molecule has 2 unspecified atom stereocenters. The predicted molar refractivity (Wildman–Crippen MR) is 93.0 cm³/mol. The second kappa shape index (κ2) is 7.23. The number of hydrogen-bond donors (Lipinski definition) is 0. The van der Waals surface area contributed by atoms with Gasteiger partial charge in [-0.15, -0.1) is 0 Å². The van der Waals surface area contributed by atoms with Crippen molar-refractivity contribution in [3.05, 3.63) is 30.3 Å². The van der Waals surface area contributed by atoms with Gasteiger partial charge >= 0.3 is 0 Å². The third-order valence-electron chi connectivity index (χ3n) is 5.37. The SMILES string of the molecule is CN(CC(=O)N1CCCC2CCCCC21)S(=O)(=O)c1ccccc1. The van der Waals surface area contributed by atoms with Crippen molar-refractivity contribution in [1.29, 1.82) is 0 Å². The number of carbonyl (C=O) groups excluding carboxylic acids is 1. The molecule has 1 aliphatic heterocycles. The zero-order valence-corrected chi connectivity index (χ0v) is 15.0. The summed E-state index contributed by atoms with van der Waals surface area (Å²) in [5.74, 6) is 0.543. The first-order valence-corrected chi connectivity index (χ1v) is 10.2. The van der Waals surface area contributed by atoms with Gasteiger partial charge in [-0.05, 0) is 43.7 Å². The number of benzene rings is 1. The zero-order chi connectivity index (χ0) is 17.2. The average molecular weight is 350 g/mol. The quantitative estimate of drug-likeness (QED) is 0.838. The molecule has 5 nitrogen and oxygen atoms in total. The van der Waals surface area contributed by atoms with Crippen LogP contribution in [-0.4, -0.2) is 49.7 Å². The van der Waals surface area contributed by atoms with Crippen LogP contribution in [0.3, 0.4) is 0 Å². The normalized spacial score (nSPS) is 24.7. The monoisotopic (exact) mass is 350 g/mol. The standard InChI is InChI=1S/C18H26N2O3S/c1-19(24(22,23)16-10-3-2-4-11-16)14-18(21)20-13-7-9-15-8-5-6-12-17(15)20/h2-4,10-11,15,17H,5-9,12-14H2,1H3. The molecule has 1 aromatic carbocycles. The molecule has 0 spiro atoms. The highest BCUT2D eigenvalue weighted by Crippen LogP contribution is 2.35. The first kappa shape index (κ1) is 17.4. The predicted octanol–water partition coefficient (Wildman–Crippen LogP) is 2.49. The first-order valence-electron chi connectivity index (χ1n) is 8.81. The average Bonchev–Trinajstić information content (AvgIpc) is 2.61. The van der Waals surface area contributed by atoms with Gasteiger partial charge in [0.05, 0.1) is 11.4 Å². The van der Waals surface area contributed by atoms with Gasteiger partial charge in [-0.2, -0.15) is 4.31 Å². The highest BCUT2D eigenvalue weighted by molar-refractivity contribution is 7.89. The van der Waals surface area contributed by atoms with E-state index in [4.69, 9.17) is 0 Å². The second-order valence-corrected chi connectivity index (χ2v) is 8.96. The molecule has 0 bridgehead atoms. The smallest absolute Gasteiger partial charge is 0.243 e. The summed E-state index contributed by atoms with van der Waals surface area (Å²) in [7, 11) is -2.13. The van der Waals surface area contributed by atoms with Gasteiger partial charge in [-0.1, -0.05) is 31.0 Å². The molecule has 1 aromatic rings. The molecule has 1 heterocycles. The van der Waals surface area contributed by atoms with Gasteiger partial charge in [-0.25, -0.2) is 8.42 Å². The van der Waals surface area contributed by atoms with E-state index in [2.05, 4.69) is 0 Å². The lowest BCUT2D eigenvalue weighted by molar-refractivity contribution is -0.137. The van der Waals surface area contributed by atoms with Gasteiger partial charge in [0, 0.05) is 19.6 Å². The Morgan fingerprint density at radius 2 is 1.79 bits per heavy atom. The van der Waals surface area contributed by atoms with Crippen LogP contribution in [0.5, 0.6) is 0 Å². The molecule has 24 heavy (non-hydrogen) atoms. The van der Waals surface area contributed by atoms with Crippen molar-refractivity contribution in [2.75, 3.05) is 20.1 Å². The number of amides is 1. The van der Waals surface area contributed by atoms with Crippen molar-refractivity contribution in [1.82, 2.24) is 9.21 Å². The Bertz CT molecular complexity index is 673. The fourth-order valence-electron chi connectivity index (χ4n) is 4.07. The molecule has 3 rings (SSSR count). The highest BCUT2D eigenvalue weighted by atomic mass is 32.2. The third kappa shape index (κ3) is 3.49. The molecule has 0 aromatic heterocycles. The van der Waals surface area contributed by atoms with Crippen LogP contribution in [0.4, 0.5) is 0 Å². The Morgan fingerprint density at radius 1 is 1.12 bits per heavy atom. The lowest BCUT2D eigenvalue weighted by Gasteiger charge is -2.44. The molecule has 0 N–H and O–H groups in total. The molecule has 1 amide bonds. The Labute approximate surface area is 144 Å². The van der Waals surface area contributed by atoms with Gasteiger partial charge in [0.15, 0.2) is 0 Å². The largest absolute Gasteiger partial charge is 0.338 e. The number of likely N-dealkylation sites (N-methyl/N-ethyl adjacent to an activating group) is 1. The minimum atomic E-state index is -3.62.